The van der Waals surface area contributed by atoms with Crippen molar-refractivity contribution in [3.8, 4) is 0 Å². The van der Waals surface area contributed by atoms with Crippen LogP contribution in [0.1, 0.15) is 32.6 Å². The van der Waals surface area contributed by atoms with E-state index in [2.05, 4.69) is 4.72 Å². The summed E-state index contributed by atoms with van der Waals surface area (Å²) < 4.78 is 24.4. The van der Waals surface area contributed by atoms with E-state index in [-0.39, 0.29) is 11.7 Å². The molecular formula is C8H18N2O3S. The molecule has 5 nitrogen and oxygen atoms in total. The van der Waals surface area contributed by atoms with Crippen molar-refractivity contribution in [3.05, 3.63) is 0 Å². The van der Waals surface area contributed by atoms with Crippen LogP contribution < -0.4 is 10.5 Å². The molecule has 0 fully saturated rings. The Morgan fingerprint density at radius 2 is 1.93 bits per heavy atom. The molecule has 0 aromatic carbocycles. The van der Waals surface area contributed by atoms with E-state index in [4.69, 9.17) is 5.73 Å². The molecule has 14 heavy (non-hydrogen) atoms. The SMILES string of the molecule is CCS(=O)(=O)NCCCCCC(N)=O. The highest BCUT2D eigenvalue weighted by Gasteiger charge is 2.04. The van der Waals surface area contributed by atoms with Crippen molar-refractivity contribution in [2.45, 2.75) is 32.6 Å². The number of hydrogen-bond acceptors (Lipinski definition) is 3. The van der Waals surface area contributed by atoms with Gasteiger partial charge in [-0.15, -0.1) is 0 Å². The Labute approximate surface area is 85.1 Å². The van der Waals surface area contributed by atoms with E-state index in [9.17, 15) is 13.2 Å². The van der Waals surface area contributed by atoms with Crippen molar-refractivity contribution < 1.29 is 13.2 Å². The summed E-state index contributed by atoms with van der Waals surface area (Å²) in [6.45, 7) is 2.03. The molecule has 0 heterocycles. The maximum absolute atomic E-state index is 11.0. The van der Waals surface area contributed by atoms with Gasteiger partial charge >= 0.3 is 0 Å². The number of carbonyl (C=O) groups excluding carboxylic acids is 1. The average Bonchev–Trinajstić information content (AvgIpc) is 2.10. The largest absolute Gasteiger partial charge is 0.370 e. The second kappa shape index (κ2) is 6.78. The molecule has 0 aromatic heterocycles. The first kappa shape index (κ1) is 13.4. The molecule has 0 bridgehead atoms. The normalized spacial score (nSPS) is 11.5. The van der Waals surface area contributed by atoms with Crippen LogP contribution in [0.15, 0.2) is 0 Å². The summed E-state index contributed by atoms with van der Waals surface area (Å²) in [6.07, 6.45) is 2.66. The standard InChI is InChI=1S/C8H18N2O3S/c1-2-14(12,13)10-7-5-3-4-6-8(9)11/h10H,2-7H2,1H3,(H2,9,11). The number of rotatable bonds is 8. The molecule has 0 rings (SSSR count). The van der Waals surface area contributed by atoms with E-state index in [1.807, 2.05) is 0 Å². The van der Waals surface area contributed by atoms with E-state index < -0.39 is 10.0 Å². The quantitative estimate of drug-likeness (QED) is 0.565. The highest BCUT2D eigenvalue weighted by Crippen LogP contribution is 1.98. The smallest absolute Gasteiger partial charge is 0.217 e. The fourth-order valence-electron chi connectivity index (χ4n) is 0.931. The number of nitrogens with one attached hydrogen (secondary N) is 1. The van der Waals surface area contributed by atoms with Crippen LogP contribution in [-0.4, -0.2) is 26.6 Å². The summed E-state index contributed by atoms with van der Waals surface area (Å²) in [5.74, 6) is -0.201. The van der Waals surface area contributed by atoms with Gasteiger partial charge in [0.1, 0.15) is 0 Å². The van der Waals surface area contributed by atoms with Gasteiger partial charge < -0.3 is 5.73 Å². The van der Waals surface area contributed by atoms with Gasteiger partial charge in [-0.25, -0.2) is 13.1 Å². The van der Waals surface area contributed by atoms with Gasteiger partial charge in [-0.05, 0) is 19.8 Å². The first-order chi connectivity index (χ1) is 6.48. The molecule has 0 saturated carbocycles. The zero-order chi connectivity index (χ0) is 11.0. The van der Waals surface area contributed by atoms with E-state index in [0.29, 0.717) is 13.0 Å². The molecule has 0 unspecified atom stereocenters. The van der Waals surface area contributed by atoms with Gasteiger partial charge in [-0.3, -0.25) is 4.79 Å². The monoisotopic (exact) mass is 222 g/mol. The molecule has 0 spiro atoms. The maximum atomic E-state index is 11.0. The second-order valence-electron chi connectivity index (χ2n) is 3.07. The number of carbonyl (C=O) groups is 1. The lowest BCUT2D eigenvalue weighted by Crippen LogP contribution is -2.26. The van der Waals surface area contributed by atoms with Crippen molar-refractivity contribution in [2.75, 3.05) is 12.3 Å². The Morgan fingerprint density at radius 3 is 2.43 bits per heavy atom. The Bertz CT molecular complexity index is 262. The van der Waals surface area contributed by atoms with Gasteiger partial charge in [-0.1, -0.05) is 6.42 Å². The molecular weight excluding hydrogens is 204 g/mol. The minimum atomic E-state index is -3.06. The Hall–Kier alpha value is -0.620. The minimum Gasteiger partial charge on any atom is -0.370 e. The topological polar surface area (TPSA) is 89.3 Å². The molecule has 0 aliphatic carbocycles. The summed E-state index contributed by atoms with van der Waals surface area (Å²) >= 11 is 0. The zero-order valence-corrected chi connectivity index (χ0v) is 9.27. The van der Waals surface area contributed by atoms with Gasteiger partial charge in [0, 0.05) is 13.0 Å². The third kappa shape index (κ3) is 8.00. The maximum Gasteiger partial charge on any atom is 0.217 e. The predicted molar refractivity (Wildman–Crippen MR) is 55.1 cm³/mol. The van der Waals surface area contributed by atoms with Crippen LogP contribution in [0.3, 0.4) is 0 Å². The first-order valence-corrected chi connectivity index (χ1v) is 6.39. The average molecular weight is 222 g/mol. The van der Waals surface area contributed by atoms with Crippen LogP contribution in [0.2, 0.25) is 0 Å². The predicted octanol–water partition coefficient (Wildman–Crippen LogP) is -0.0286. The van der Waals surface area contributed by atoms with Crippen LogP contribution in [-0.2, 0) is 14.8 Å². The van der Waals surface area contributed by atoms with E-state index in [1.165, 1.54) is 0 Å². The molecule has 1 amide bonds. The molecule has 0 aliphatic rings. The lowest BCUT2D eigenvalue weighted by Gasteiger charge is -2.03. The highest BCUT2D eigenvalue weighted by molar-refractivity contribution is 7.89. The molecule has 0 aliphatic heterocycles. The number of amides is 1. The molecule has 6 heteroatoms. The van der Waals surface area contributed by atoms with E-state index in [1.54, 1.807) is 6.92 Å². The number of unbranched alkanes of at least 4 members (excludes halogenated alkanes) is 2. The molecule has 0 aromatic rings. The fraction of sp³-hybridized carbons (Fsp3) is 0.875. The van der Waals surface area contributed by atoms with E-state index >= 15 is 0 Å². The summed E-state index contributed by atoms with van der Waals surface area (Å²) in [7, 11) is -3.06. The van der Waals surface area contributed by atoms with Crippen LogP contribution >= 0.6 is 0 Å². The van der Waals surface area contributed by atoms with Crippen molar-refractivity contribution in [2.24, 2.45) is 5.73 Å². The number of primary amides is 1. The molecule has 3 N–H and O–H groups in total. The third-order valence-electron chi connectivity index (χ3n) is 1.80. The summed E-state index contributed by atoms with van der Waals surface area (Å²) in [4.78, 5) is 10.3. The molecule has 0 saturated heterocycles. The second-order valence-corrected chi connectivity index (χ2v) is 5.17. The highest BCUT2D eigenvalue weighted by atomic mass is 32.2. The molecule has 0 atom stereocenters. The van der Waals surface area contributed by atoms with Crippen LogP contribution in [0, 0.1) is 0 Å². The Morgan fingerprint density at radius 1 is 1.29 bits per heavy atom. The summed E-state index contributed by atoms with van der Waals surface area (Å²) in [5.41, 5.74) is 4.95. The van der Waals surface area contributed by atoms with Crippen LogP contribution in [0.4, 0.5) is 0 Å². The van der Waals surface area contributed by atoms with Crippen molar-refractivity contribution >= 4 is 15.9 Å². The lowest BCUT2D eigenvalue weighted by atomic mass is 10.2. The van der Waals surface area contributed by atoms with Gasteiger partial charge in [0.15, 0.2) is 0 Å². The van der Waals surface area contributed by atoms with Crippen LogP contribution in [0.5, 0.6) is 0 Å². The van der Waals surface area contributed by atoms with E-state index in [0.717, 1.165) is 19.3 Å². The first-order valence-electron chi connectivity index (χ1n) is 4.73. The lowest BCUT2D eigenvalue weighted by molar-refractivity contribution is -0.118. The minimum absolute atomic E-state index is 0.105. The number of sulfonamides is 1. The van der Waals surface area contributed by atoms with Crippen molar-refractivity contribution in [1.82, 2.24) is 4.72 Å². The van der Waals surface area contributed by atoms with Gasteiger partial charge in [0.2, 0.25) is 15.9 Å². The van der Waals surface area contributed by atoms with Gasteiger partial charge in [-0.2, -0.15) is 0 Å². The molecule has 0 radical (unpaired) electrons. The van der Waals surface area contributed by atoms with Crippen molar-refractivity contribution in [1.29, 1.82) is 0 Å². The fourth-order valence-corrected chi connectivity index (χ4v) is 1.59. The van der Waals surface area contributed by atoms with Gasteiger partial charge in [0.25, 0.3) is 0 Å². The zero-order valence-electron chi connectivity index (χ0n) is 8.45. The van der Waals surface area contributed by atoms with Gasteiger partial charge in [0.05, 0.1) is 5.75 Å². The molecule has 84 valence electrons. The Balaban J connectivity index is 3.35. The summed E-state index contributed by atoms with van der Waals surface area (Å²) in [6, 6.07) is 0. The number of hydrogen-bond donors (Lipinski definition) is 2. The Kier molecular flexibility index (Phi) is 6.48. The van der Waals surface area contributed by atoms with Crippen molar-refractivity contribution in [3.63, 3.8) is 0 Å². The van der Waals surface area contributed by atoms with Crippen LogP contribution in [0.25, 0.3) is 0 Å². The number of nitrogens with two attached hydrogens (primary N) is 1. The summed E-state index contributed by atoms with van der Waals surface area (Å²) in [5, 5.41) is 0. The third-order valence-corrected chi connectivity index (χ3v) is 3.21.